The lowest BCUT2D eigenvalue weighted by atomic mass is 10.2. The maximum atomic E-state index is 6.03. The molecular formula is C13H22N4S. The van der Waals surface area contributed by atoms with Crippen molar-refractivity contribution >= 4 is 22.4 Å². The van der Waals surface area contributed by atoms with Gasteiger partial charge in [0.15, 0.2) is 0 Å². The molecule has 1 aromatic rings. The summed E-state index contributed by atoms with van der Waals surface area (Å²) in [4.78, 5) is 5.05. The van der Waals surface area contributed by atoms with Crippen LogP contribution in [0.5, 0.6) is 0 Å². The van der Waals surface area contributed by atoms with Gasteiger partial charge < -0.3 is 10.6 Å². The number of hydrogen-bond donors (Lipinski definition) is 1. The Morgan fingerprint density at radius 2 is 2.00 bits per heavy atom. The topological polar surface area (TPSA) is 45.4 Å². The highest BCUT2D eigenvalue weighted by Gasteiger charge is 2.33. The average Bonchev–Trinajstić information content (AvgIpc) is 3.14. The normalized spacial score (nSPS) is 21.5. The summed E-state index contributed by atoms with van der Waals surface area (Å²) in [5.41, 5.74) is 7.38. The van der Waals surface area contributed by atoms with Crippen LogP contribution in [0.2, 0.25) is 0 Å². The predicted octanol–water partition coefficient (Wildman–Crippen LogP) is 2.13. The number of nitrogen functional groups attached to an aromatic ring is 1. The summed E-state index contributed by atoms with van der Waals surface area (Å²) in [6.07, 6.45) is 3.84. The van der Waals surface area contributed by atoms with E-state index in [9.17, 15) is 0 Å². The lowest BCUT2D eigenvalue weighted by Crippen LogP contribution is -2.46. The van der Waals surface area contributed by atoms with Crippen molar-refractivity contribution in [1.82, 2.24) is 9.27 Å². The molecule has 0 radical (unpaired) electrons. The number of nitrogens with two attached hydrogens (primary N) is 1. The second-order valence-corrected chi connectivity index (χ2v) is 6.14. The third-order valence-corrected chi connectivity index (χ3v) is 4.86. The van der Waals surface area contributed by atoms with Crippen LogP contribution in [0.3, 0.4) is 0 Å². The van der Waals surface area contributed by atoms with E-state index in [1.165, 1.54) is 49.5 Å². The van der Waals surface area contributed by atoms with E-state index in [1.807, 2.05) is 0 Å². The third kappa shape index (κ3) is 2.34. The van der Waals surface area contributed by atoms with Gasteiger partial charge in [-0.15, -0.1) is 0 Å². The SMILES string of the molecule is CCCN1CCN(c2snc(N)c2C2CC2)CC1. The van der Waals surface area contributed by atoms with Crippen molar-refractivity contribution in [2.75, 3.05) is 43.4 Å². The van der Waals surface area contributed by atoms with Crippen molar-refractivity contribution in [3.05, 3.63) is 5.56 Å². The Hall–Kier alpha value is -0.810. The van der Waals surface area contributed by atoms with E-state index in [4.69, 9.17) is 5.73 Å². The van der Waals surface area contributed by atoms with Crippen molar-refractivity contribution in [1.29, 1.82) is 0 Å². The van der Waals surface area contributed by atoms with Crippen LogP contribution >= 0.6 is 11.5 Å². The van der Waals surface area contributed by atoms with E-state index >= 15 is 0 Å². The molecule has 1 aliphatic carbocycles. The minimum Gasteiger partial charge on any atom is -0.383 e. The van der Waals surface area contributed by atoms with Gasteiger partial charge in [-0.25, -0.2) is 0 Å². The van der Waals surface area contributed by atoms with Gasteiger partial charge >= 0.3 is 0 Å². The Morgan fingerprint density at radius 3 is 2.61 bits per heavy atom. The number of anilines is 2. The molecule has 2 heterocycles. The Kier molecular flexibility index (Phi) is 3.43. The first-order valence-electron chi connectivity index (χ1n) is 7.02. The molecule has 1 aromatic heterocycles. The minimum absolute atomic E-state index is 0.701. The van der Waals surface area contributed by atoms with E-state index in [2.05, 4.69) is 21.1 Å². The van der Waals surface area contributed by atoms with E-state index in [-0.39, 0.29) is 0 Å². The number of nitrogens with zero attached hydrogens (tertiary/aromatic N) is 3. The van der Waals surface area contributed by atoms with Gasteiger partial charge in [0, 0.05) is 31.7 Å². The van der Waals surface area contributed by atoms with Gasteiger partial charge in [-0.05, 0) is 43.3 Å². The minimum atomic E-state index is 0.701. The Balaban J connectivity index is 1.69. The maximum Gasteiger partial charge on any atom is 0.142 e. The average molecular weight is 266 g/mol. The van der Waals surface area contributed by atoms with Gasteiger partial charge in [-0.2, -0.15) is 4.37 Å². The molecule has 0 amide bonds. The molecule has 0 aromatic carbocycles. The van der Waals surface area contributed by atoms with E-state index in [0.29, 0.717) is 5.92 Å². The van der Waals surface area contributed by atoms with Crippen LogP contribution < -0.4 is 10.6 Å². The highest BCUT2D eigenvalue weighted by molar-refractivity contribution is 7.10. The molecule has 0 atom stereocenters. The number of rotatable bonds is 4. The van der Waals surface area contributed by atoms with Crippen LogP contribution in [0.25, 0.3) is 0 Å². The lowest BCUT2D eigenvalue weighted by Gasteiger charge is -2.35. The number of hydrogen-bond acceptors (Lipinski definition) is 5. The highest BCUT2D eigenvalue weighted by atomic mass is 32.1. The lowest BCUT2D eigenvalue weighted by molar-refractivity contribution is 0.259. The van der Waals surface area contributed by atoms with Crippen LogP contribution in [0.4, 0.5) is 10.8 Å². The highest BCUT2D eigenvalue weighted by Crippen LogP contribution is 2.48. The zero-order chi connectivity index (χ0) is 12.5. The molecular weight excluding hydrogens is 244 g/mol. The van der Waals surface area contributed by atoms with Crippen LogP contribution in [-0.2, 0) is 0 Å². The van der Waals surface area contributed by atoms with E-state index in [0.717, 1.165) is 18.9 Å². The smallest absolute Gasteiger partial charge is 0.142 e. The zero-order valence-electron chi connectivity index (χ0n) is 11.1. The van der Waals surface area contributed by atoms with Crippen molar-refractivity contribution in [2.24, 2.45) is 0 Å². The molecule has 1 saturated heterocycles. The third-order valence-electron chi connectivity index (χ3n) is 3.92. The van der Waals surface area contributed by atoms with Gasteiger partial charge in [0.25, 0.3) is 0 Å². The van der Waals surface area contributed by atoms with Crippen LogP contribution in [0.1, 0.15) is 37.7 Å². The first-order chi connectivity index (χ1) is 8.79. The van der Waals surface area contributed by atoms with Crippen molar-refractivity contribution in [3.8, 4) is 0 Å². The summed E-state index contributed by atoms with van der Waals surface area (Å²) in [7, 11) is 0. The molecule has 0 spiro atoms. The Morgan fingerprint density at radius 1 is 1.28 bits per heavy atom. The largest absolute Gasteiger partial charge is 0.383 e. The monoisotopic (exact) mass is 266 g/mol. The quantitative estimate of drug-likeness (QED) is 0.907. The van der Waals surface area contributed by atoms with Gasteiger partial charge in [-0.1, -0.05) is 6.92 Å². The van der Waals surface area contributed by atoms with Crippen LogP contribution in [0, 0.1) is 0 Å². The van der Waals surface area contributed by atoms with Crippen LogP contribution in [0.15, 0.2) is 0 Å². The molecule has 1 saturated carbocycles. The molecule has 3 rings (SSSR count). The molecule has 2 fully saturated rings. The van der Waals surface area contributed by atoms with Gasteiger partial charge in [0.1, 0.15) is 10.8 Å². The van der Waals surface area contributed by atoms with Gasteiger partial charge in [0.2, 0.25) is 0 Å². The van der Waals surface area contributed by atoms with E-state index in [1.54, 1.807) is 11.5 Å². The second-order valence-electron chi connectivity index (χ2n) is 5.39. The van der Waals surface area contributed by atoms with Gasteiger partial charge in [0.05, 0.1) is 0 Å². The summed E-state index contributed by atoms with van der Waals surface area (Å²) in [6, 6.07) is 0. The Bertz CT molecular complexity index is 405. The molecule has 2 aliphatic rings. The summed E-state index contributed by atoms with van der Waals surface area (Å²) in [5.74, 6) is 1.49. The van der Waals surface area contributed by atoms with Gasteiger partial charge in [-0.3, -0.25) is 4.90 Å². The molecule has 2 N–H and O–H groups in total. The fourth-order valence-electron chi connectivity index (χ4n) is 2.77. The molecule has 4 nitrogen and oxygen atoms in total. The molecule has 1 aliphatic heterocycles. The number of piperazine rings is 1. The summed E-state index contributed by atoms with van der Waals surface area (Å²) in [5, 5.41) is 1.35. The molecule has 100 valence electrons. The van der Waals surface area contributed by atoms with Crippen molar-refractivity contribution in [2.45, 2.75) is 32.1 Å². The van der Waals surface area contributed by atoms with Crippen molar-refractivity contribution < 1.29 is 0 Å². The fraction of sp³-hybridized carbons (Fsp3) is 0.769. The fourth-order valence-corrected chi connectivity index (χ4v) is 3.73. The molecule has 5 heteroatoms. The molecule has 18 heavy (non-hydrogen) atoms. The predicted molar refractivity (Wildman–Crippen MR) is 77.4 cm³/mol. The molecule has 0 unspecified atom stereocenters. The standard InChI is InChI=1S/C13H22N4S/c1-2-5-16-6-8-17(9-7-16)13-11(10-3-4-10)12(14)15-18-13/h10H,2-9H2,1H3,(H2,14,15). The zero-order valence-corrected chi connectivity index (χ0v) is 11.9. The maximum absolute atomic E-state index is 6.03. The van der Waals surface area contributed by atoms with E-state index < -0.39 is 0 Å². The number of aromatic nitrogens is 1. The Labute approximate surface area is 113 Å². The first-order valence-corrected chi connectivity index (χ1v) is 7.79. The molecule has 0 bridgehead atoms. The first kappa shape index (κ1) is 12.2. The summed E-state index contributed by atoms with van der Waals surface area (Å²) >= 11 is 1.60. The summed E-state index contributed by atoms with van der Waals surface area (Å²) < 4.78 is 4.37. The second kappa shape index (κ2) is 5.05. The van der Waals surface area contributed by atoms with Crippen LogP contribution in [-0.4, -0.2) is 42.0 Å². The van der Waals surface area contributed by atoms with Crippen molar-refractivity contribution in [3.63, 3.8) is 0 Å². The summed E-state index contributed by atoms with van der Waals surface area (Å²) in [6.45, 7) is 8.09.